The van der Waals surface area contributed by atoms with Crippen LogP contribution in [0.4, 0.5) is 17.5 Å². The average Bonchev–Trinajstić information content (AvgIpc) is 2.45. The van der Waals surface area contributed by atoms with E-state index in [2.05, 4.69) is 27.5 Å². The third-order valence-corrected chi connectivity index (χ3v) is 3.85. The van der Waals surface area contributed by atoms with Crippen LogP contribution in [0.2, 0.25) is 20.1 Å². The van der Waals surface area contributed by atoms with E-state index in [1.165, 1.54) is 6.20 Å². The summed E-state index contributed by atoms with van der Waals surface area (Å²) in [5, 5.41) is 7.67. The molecule has 0 spiro atoms. The fraction of sp³-hybridized carbons (Fsp3) is 0.231. The van der Waals surface area contributed by atoms with Crippen molar-refractivity contribution in [2.24, 2.45) is 0 Å². The molecule has 8 heteroatoms. The molecule has 0 bridgehead atoms. The monoisotopic (exact) mass is 364 g/mol. The van der Waals surface area contributed by atoms with Gasteiger partial charge in [0.25, 0.3) is 0 Å². The molecule has 21 heavy (non-hydrogen) atoms. The van der Waals surface area contributed by atoms with Gasteiger partial charge in [0, 0.05) is 6.54 Å². The number of benzene rings is 1. The Bertz CT molecular complexity index is 648. The second kappa shape index (κ2) is 7.36. The molecule has 2 rings (SSSR count). The van der Waals surface area contributed by atoms with Gasteiger partial charge in [-0.1, -0.05) is 53.3 Å². The highest BCUT2D eigenvalue weighted by Gasteiger charge is 2.10. The van der Waals surface area contributed by atoms with Gasteiger partial charge in [-0.3, -0.25) is 0 Å². The molecule has 0 unspecified atom stereocenters. The molecule has 0 radical (unpaired) electrons. The topological polar surface area (TPSA) is 49.8 Å². The molecule has 0 amide bonds. The molecule has 2 aromatic rings. The molecule has 0 atom stereocenters. The summed E-state index contributed by atoms with van der Waals surface area (Å²) in [4.78, 5) is 8.40. The molecule has 0 saturated heterocycles. The summed E-state index contributed by atoms with van der Waals surface area (Å²) >= 11 is 24.1. The molecule has 0 aliphatic rings. The second-order valence-corrected chi connectivity index (χ2v) is 5.82. The summed E-state index contributed by atoms with van der Waals surface area (Å²) in [6.45, 7) is 2.83. The maximum Gasteiger partial charge on any atom is 0.224 e. The summed E-state index contributed by atoms with van der Waals surface area (Å²) in [5.74, 6) is 0.922. The van der Waals surface area contributed by atoms with Crippen molar-refractivity contribution in [3.05, 3.63) is 38.4 Å². The SMILES string of the molecule is CCCNc1ncc(Cl)c(Nc2cc(Cl)c(Cl)cc2Cl)n1. The Morgan fingerprint density at radius 1 is 1.00 bits per heavy atom. The lowest BCUT2D eigenvalue weighted by Gasteiger charge is -2.11. The normalized spacial score (nSPS) is 10.5. The van der Waals surface area contributed by atoms with Crippen LogP contribution in [0.25, 0.3) is 0 Å². The lowest BCUT2D eigenvalue weighted by molar-refractivity contribution is 0.953. The Kier molecular flexibility index (Phi) is 5.76. The van der Waals surface area contributed by atoms with E-state index in [9.17, 15) is 0 Å². The van der Waals surface area contributed by atoms with Gasteiger partial charge in [-0.25, -0.2) is 4.98 Å². The molecule has 112 valence electrons. The van der Waals surface area contributed by atoms with Gasteiger partial charge < -0.3 is 10.6 Å². The Morgan fingerprint density at radius 2 is 1.71 bits per heavy atom. The Hall–Kier alpha value is -0.940. The summed E-state index contributed by atoms with van der Waals surface area (Å²) in [6, 6.07) is 3.17. The van der Waals surface area contributed by atoms with Crippen LogP contribution >= 0.6 is 46.4 Å². The zero-order chi connectivity index (χ0) is 15.4. The molecule has 4 nitrogen and oxygen atoms in total. The first-order chi connectivity index (χ1) is 10.0. The largest absolute Gasteiger partial charge is 0.354 e. The van der Waals surface area contributed by atoms with Crippen molar-refractivity contribution in [2.75, 3.05) is 17.2 Å². The zero-order valence-electron chi connectivity index (χ0n) is 11.1. The van der Waals surface area contributed by atoms with Gasteiger partial charge in [-0.2, -0.15) is 4.98 Å². The summed E-state index contributed by atoms with van der Waals surface area (Å²) < 4.78 is 0. The van der Waals surface area contributed by atoms with Gasteiger partial charge in [-0.05, 0) is 18.6 Å². The van der Waals surface area contributed by atoms with Crippen LogP contribution in [0.3, 0.4) is 0 Å². The standard InChI is InChI=1S/C13H12Cl4N4/c1-2-3-18-13-19-6-10(17)12(21-13)20-11-5-8(15)7(14)4-9(11)16/h4-6H,2-3H2,1H3,(H2,18,19,20,21). The van der Waals surface area contributed by atoms with E-state index in [0.717, 1.165) is 13.0 Å². The molecule has 0 aliphatic carbocycles. The number of nitrogens with zero attached hydrogens (tertiary/aromatic N) is 2. The first-order valence-electron chi connectivity index (χ1n) is 6.19. The minimum absolute atomic E-state index is 0.374. The minimum atomic E-state index is 0.374. The first-order valence-corrected chi connectivity index (χ1v) is 7.70. The van der Waals surface area contributed by atoms with E-state index in [-0.39, 0.29) is 0 Å². The smallest absolute Gasteiger partial charge is 0.224 e. The van der Waals surface area contributed by atoms with E-state index >= 15 is 0 Å². The number of halogens is 4. The molecule has 1 aromatic carbocycles. The fourth-order valence-electron chi connectivity index (χ4n) is 1.52. The Labute approximate surface area is 142 Å². The van der Waals surface area contributed by atoms with Gasteiger partial charge in [0.2, 0.25) is 5.95 Å². The number of hydrogen-bond acceptors (Lipinski definition) is 4. The van der Waals surface area contributed by atoms with E-state index in [1.54, 1.807) is 12.1 Å². The van der Waals surface area contributed by atoms with Gasteiger partial charge in [0.15, 0.2) is 5.82 Å². The van der Waals surface area contributed by atoms with Crippen LogP contribution in [-0.4, -0.2) is 16.5 Å². The molecular weight excluding hydrogens is 354 g/mol. The van der Waals surface area contributed by atoms with Crippen molar-refractivity contribution in [3.63, 3.8) is 0 Å². The molecule has 2 N–H and O–H groups in total. The number of hydrogen-bond donors (Lipinski definition) is 2. The van der Waals surface area contributed by atoms with E-state index in [1.807, 2.05) is 0 Å². The minimum Gasteiger partial charge on any atom is -0.354 e. The van der Waals surface area contributed by atoms with Crippen LogP contribution in [0.1, 0.15) is 13.3 Å². The van der Waals surface area contributed by atoms with Gasteiger partial charge in [0.1, 0.15) is 5.02 Å². The van der Waals surface area contributed by atoms with E-state index in [4.69, 9.17) is 46.4 Å². The predicted molar refractivity (Wildman–Crippen MR) is 90.6 cm³/mol. The van der Waals surface area contributed by atoms with Crippen LogP contribution in [-0.2, 0) is 0 Å². The molecule has 0 saturated carbocycles. The zero-order valence-corrected chi connectivity index (χ0v) is 14.1. The van der Waals surface area contributed by atoms with Crippen molar-refractivity contribution in [1.82, 2.24) is 9.97 Å². The average molecular weight is 366 g/mol. The Morgan fingerprint density at radius 3 is 2.43 bits per heavy atom. The molecular formula is C13H12Cl4N4. The molecule has 1 aromatic heterocycles. The lowest BCUT2D eigenvalue weighted by Crippen LogP contribution is -2.06. The highest BCUT2D eigenvalue weighted by atomic mass is 35.5. The summed E-state index contributed by atoms with van der Waals surface area (Å²) in [5.41, 5.74) is 0.563. The van der Waals surface area contributed by atoms with Crippen molar-refractivity contribution >= 4 is 63.9 Å². The van der Waals surface area contributed by atoms with Crippen molar-refractivity contribution < 1.29 is 0 Å². The van der Waals surface area contributed by atoms with Crippen LogP contribution in [0.5, 0.6) is 0 Å². The van der Waals surface area contributed by atoms with Crippen molar-refractivity contribution in [1.29, 1.82) is 0 Å². The van der Waals surface area contributed by atoms with Crippen LogP contribution in [0, 0.1) is 0 Å². The fourth-order valence-corrected chi connectivity index (χ4v) is 2.26. The highest BCUT2D eigenvalue weighted by Crippen LogP contribution is 2.34. The lowest BCUT2D eigenvalue weighted by atomic mass is 10.3. The Balaban J connectivity index is 2.28. The van der Waals surface area contributed by atoms with Crippen molar-refractivity contribution in [3.8, 4) is 0 Å². The predicted octanol–water partition coefficient (Wildman–Crippen LogP) is 5.66. The van der Waals surface area contributed by atoms with E-state index in [0.29, 0.717) is 37.5 Å². The molecule has 0 fully saturated rings. The van der Waals surface area contributed by atoms with E-state index < -0.39 is 0 Å². The maximum absolute atomic E-state index is 6.12. The van der Waals surface area contributed by atoms with Gasteiger partial charge in [0.05, 0.1) is 27.0 Å². The van der Waals surface area contributed by atoms with Crippen LogP contribution < -0.4 is 10.6 Å². The van der Waals surface area contributed by atoms with Gasteiger partial charge in [-0.15, -0.1) is 0 Å². The third-order valence-electron chi connectivity index (χ3n) is 2.54. The first kappa shape index (κ1) is 16.4. The number of rotatable bonds is 5. The highest BCUT2D eigenvalue weighted by molar-refractivity contribution is 6.44. The molecule has 0 aliphatic heterocycles. The summed E-state index contributed by atoms with van der Waals surface area (Å²) in [7, 11) is 0. The summed E-state index contributed by atoms with van der Waals surface area (Å²) in [6.07, 6.45) is 2.48. The van der Waals surface area contributed by atoms with Gasteiger partial charge >= 0.3 is 0 Å². The maximum atomic E-state index is 6.12. The second-order valence-electron chi connectivity index (χ2n) is 4.19. The quantitative estimate of drug-likeness (QED) is 0.671. The van der Waals surface area contributed by atoms with Crippen molar-refractivity contribution in [2.45, 2.75) is 13.3 Å². The third kappa shape index (κ3) is 4.27. The van der Waals surface area contributed by atoms with Crippen LogP contribution in [0.15, 0.2) is 18.3 Å². The molecule has 1 heterocycles. The number of anilines is 3. The number of aromatic nitrogens is 2. The number of nitrogens with one attached hydrogen (secondary N) is 2.